The van der Waals surface area contributed by atoms with Gasteiger partial charge in [0.2, 0.25) is 0 Å². The third kappa shape index (κ3) is 3.68. The predicted octanol–water partition coefficient (Wildman–Crippen LogP) is 11.5. The minimum Gasteiger partial charge on any atom is -0.309 e. The van der Waals surface area contributed by atoms with Gasteiger partial charge in [-0.1, -0.05) is 91.0 Å². The quantitative estimate of drug-likeness (QED) is 0.177. The molecule has 0 N–H and O–H groups in total. The number of rotatable bonds is 4. The Morgan fingerprint density at radius 3 is 1.60 bits per heavy atom. The third-order valence-electron chi connectivity index (χ3n) is 10.2. The molecule has 0 aliphatic heterocycles. The number of benzene rings is 6. The zero-order valence-corrected chi connectivity index (χ0v) is 27.0. The normalized spacial score (nSPS) is 12.8. The lowest BCUT2D eigenvalue weighted by Gasteiger charge is -2.11. The van der Waals surface area contributed by atoms with Gasteiger partial charge >= 0.3 is 0 Å². The SMILES string of the molecule is C1=CC=C(c2cccc(-n3c4ccccc4c4c3ccc3c5ccc6c(c7ccccc7n6-c6ccccc6)c5n(-c5ccccc5)c34)n2)C=1. The second-order valence-corrected chi connectivity index (χ2v) is 12.9. The van der Waals surface area contributed by atoms with E-state index in [1.54, 1.807) is 0 Å². The van der Waals surface area contributed by atoms with Gasteiger partial charge in [-0.15, -0.1) is 5.73 Å². The summed E-state index contributed by atoms with van der Waals surface area (Å²) in [6, 6.07) is 54.6. The van der Waals surface area contributed by atoms with E-state index in [1.165, 1.54) is 54.4 Å². The summed E-state index contributed by atoms with van der Waals surface area (Å²) in [5, 5.41) is 7.36. The molecule has 4 nitrogen and oxygen atoms in total. The maximum Gasteiger partial charge on any atom is 0.138 e. The first-order valence-electron chi connectivity index (χ1n) is 17.0. The molecule has 50 heavy (non-hydrogen) atoms. The van der Waals surface area contributed by atoms with Gasteiger partial charge < -0.3 is 9.13 Å². The summed E-state index contributed by atoms with van der Waals surface area (Å²) in [4.78, 5) is 5.20. The van der Waals surface area contributed by atoms with Crippen LogP contribution in [0.15, 0.2) is 176 Å². The molecule has 4 heteroatoms. The molecule has 0 amide bonds. The molecule has 11 rings (SSSR count). The van der Waals surface area contributed by atoms with Crippen LogP contribution in [0.5, 0.6) is 0 Å². The van der Waals surface area contributed by atoms with Crippen molar-refractivity contribution in [3.8, 4) is 17.2 Å². The molecule has 0 bridgehead atoms. The van der Waals surface area contributed by atoms with Gasteiger partial charge in [0.25, 0.3) is 0 Å². The van der Waals surface area contributed by atoms with Gasteiger partial charge in [0.05, 0.1) is 38.8 Å². The number of nitrogens with zero attached hydrogens (tertiary/aromatic N) is 4. The first kappa shape index (κ1) is 27.1. The highest BCUT2D eigenvalue weighted by Gasteiger charge is 2.24. The van der Waals surface area contributed by atoms with Crippen LogP contribution in [0.3, 0.4) is 0 Å². The van der Waals surface area contributed by atoms with Gasteiger partial charge in [0.15, 0.2) is 0 Å². The molecule has 0 unspecified atom stereocenters. The Balaban J connectivity index is 1.34. The van der Waals surface area contributed by atoms with Crippen LogP contribution in [0.25, 0.3) is 88.2 Å². The molecular formula is C46H28N4. The fourth-order valence-corrected chi connectivity index (χ4v) is 8.22. The highest BCUT2D eigenvalue weighted by Crippen LogP contribution is 2.46. The van der Waals surface area contributed by atoms with Crippen LogP contribution in [0.2, 0.25) is 0 Å². The Kier molecular flexibility index (Phi) is 5.59. The van der Waals surface area contributed by atoms with E-state index in [2.05, 4.69) is 177 Å². The summed E-state index contributed by atoms with van der Waals surface area (Å²) in [6.07, 6.45) is 6.00. The maximum absolute atomic E-state index is 5.20. The van der Waals surface area contributed by atoms with Crippen molar-refractivity contribution in [2.45, 2.75) is 0 Å². The van der Waals surface area contributed by atoms with E-state index in [0.717, 1.165) is 39.5 Å². The summed E-state index contributed by atoms with van der Waals surface area (Å²) in [6.45, 7) is 0. The summed E-state index contributed by atoms with van der Waals surface area (Å²) < 4.78 is 7.24. The monoisotopic (exact) mass is 636 g/mol. The zero-order chi connectivity index (χ0) is 32.8. The van der Waals surface area contributed by atoms with E-state index in [1.807, 2.05) is 12.2 Å². The van der Waals surface area contributed by atoms with Crippen molar-refractivity contribution < 1.29 is 0 Å². The second-order valence-electron chi connectivity index (χ2n) is 12.9. The van der Waals surface area contributed by atoms with Gasteiger partial charge in [-0.05, 0) is 78.9 Å². The van der Waals surface area contributed by atoms with Gasteiger partial charge in [-0.25, -0.2) is 4.98 Å². The minimum absolute atomic E-state index is 0.893. The Hall–Kier alpha value is -6.87. The van der Waals surface area contributed by atoms with Gasteiger partial charge in [0, 0.05) is 49.3 Å². The Bertz CT molecular complexity index is 3110. The average Bonchev–Trinajstić information content (AvgIpc) is 3.97. The van der Waals surface area contributed by atoms with E-state index in [-0.39, 0.29) is 0 Å². The van der Waals surface area contributed by atoms with Crippen molar-refractivity contribution in [2.24, 2.45) is 0 Å². The first-order chi connectivity index (χ1) is 24.8. The van der Waals surface area contributed by atoms with E-state index in [9.17, 15) is 0 Å². The van der Waals surface area contributed by atoms with E-state index in [4.69, 9.17) is 4.98 Å². The minimum atomic E-state index is 0.893. The Morgan fingerprint density at radius 1 is 0.420 bits per heavy atom. The standard InChI is InChI=1S/C46H28N4/c1-3-16-31(17-4-1)48-38-23-11-9-20-35(38)43-40(48)28-26-33-34-27-29-41-44(46(34)49(45(33)43)32-18-5-2-6-19-32)36-21-10-12-24-39(36)50(41)42-25-13-22-37(47-42)30-14-7-8-15-30/h1-7,9-29H. The van der Waals surface area contributed by atoms with Crippen molar-refractivity contribution in [1.29, 1.82) is 0 Å². The molecule has 0 radical (unpaired) electrons. The Morgan fingerprint density at radius 2 is 0.980 bits per heavy atom. The van der Waals surface area contributed by atoms with Crippen LogP contribution < -0.4 is 0 Å². The van der Waals surface area contributed by atoms with Gasteiger partial charge in [-0.2, -0.15) is 0 Å². The largest absolute Gasteiger partial charge is 0.309 e. The Labute approximate surface area is 287 Å². The van der Waals surface area contributed by atoms with Crippen LogP contribution >= 0.6 is 0 Å². The third-order valence-corrected chi connectivity index (χ3v) is 10.2. The van der Waals surface area contributed by atoms with Crippen molar-refractivity contribution in [3.63, 3.8) is 0 Å². The lowest BCUT2D eigenvalue weighted by Crippen LogP contribution is -1.99. The van der Waals surface area contributed by atoms with Crippen molar-refractivity contribution in [1.82, 2.24) is 18.7 Å². The molecular weight excluding hydrogens is 609 g/mol. The van der Waals surface area contributed by atoms with Crippen molar-refractivity contribution in [3.05, 3.63) is 181 Å². The summed E-state index contributed by atoms with van der Waals surface area (Å²) in [5.74, 6) is 0.893. The molecule has 0 spiro atoms. The number of hydrogen-bond donors (Lipinski definition) is 0. The van der Waals surface area contributed by atoms with Crippen LogP contribution in [0, 0.1) is 0 Å². The molecule has 0 fully saturated rings. The van der Waals surface area contributed by atoms with Crippen LogP contribution in [-0.2, 0) is 0 Å². The fraction of sp³-hybridized carbons (Fsp3) is 0. The van der Waals surface area contributed by atoms with Gasteiger partial charge in [0.1, 0.15) is 5.82 Å². The number of aromatic nitrogens is 4. The van der Waals surface area contributed by atoms with Gasteiger partial charge in [-0.3, -0.25) is 4.57 Å². The summed E-state index contributed by atoms with van der Waals surface area (Å²) in [7, 11) is 0. The average molecular weight is 637 g/mol. The second kappa shape index (κ2) is 10.3. The highest BCUT2D eigenvalue weighted by atomic mass is 15.1. The predicted molar refractivity (Wildman–Crippen MR) is 208 cm³/mol. The molecule has 232 valence electrons. The number of fused-ring (bicyclic) bond motifs is 11. The molecule has 4 heterocycles. The van der Waals surface area contributed by atoms with Crippen molar-refractivity contribution in [2.75, 3.05) is 0 Å². The molecule has 0 saturated carbocycles. The van der Waals surface area contributed by atoms with E-state index in [0.29, 0.717) is 0 Å². The van der Waals surface area contributed by atoms with Crippen LogP contribution in [-0.4, -0.2) is 18.7 Å². The molecule has 0 saturated heterocycles. The zero-order valence-electron chi connectivity index (χ0n) is 27.0. The smallest absolute Gasteiger partial charge is 0.138 e. The lowest BCUT2D eigenvalue weighted by atomic mass is 10.1. The fourth-order valence-electron chi connectivity index (χ4n) is 8.22. The summed E-state index contributed by atoms with van der Waals surface area (Å²) in [5.41, 5.74) is 14.5. The van der Waals surface area contributed by atoms with Crippen molar-refractivity contribution >= 4 is 71.0 Å². The molecule has 6 aromatic carbocycles. The van der Waals surface area contributed by atoms with E-state index < -0.39 is 0 Å². The molecule has 1 aliphatic rings. The number of para-hydroxylation sites is 4. The number of pyridine rings is 1. The number of allylic oxidation sites excluding steroid dienone is 3. The van der Waals surface area contributed by atoms with Crippen LogP contribution in [0.4, 0.5) is 0 Å². The number of hydrogen-bond acceptors (Lipinski definition) is 1. The molecule has 4 aromatic heterocycles. The first-order valence-corrected chi connectivity index (χ1v) is 17.0. The lowest BCUT2D eigenvalue weighted by molar-refractivity contribution is 1.07. The molecule has 0 atom stereocenters. The maximum atomic E-state index is 5.20. The van der Waals surface area contributed by atoms with E-state index >= 15 is 0 Å². The summed E-state index contributed by atoms with van der Waals surface area (Å²) >= 11 is 0. The van der Waals surface area contributed by atoms with Crippen LogP contribution in [0.1, 0.15) is 5.69 Å². The molecule has 1 aliphatic carbocycles. The highest BCUT2D eigenvalue weighted by molar-refractivity contribution is 6.31. The topological polar surface area (TPSA) is 27.7 Å². The molecule has 10 aromatic rings.